The average molecular weight is 188 g/mol. The van der Waals surface area contributed by atoms with Crippen molar-refractivity contribution in [2.45, 2.75) is 12.8 Å². The summed E-state index contributed by atoms with van der Waals surface area (Å²) in [6.07, 6.45) is 3.66. The van der Waals surface area contributed by atoms with Crippen LogP contribution >= 0.6 is 0 Å². The average Bonchev–Trinajstić information content (AvgIpc) is 2.20. The highest BCUT2D eigenvalue weighted by molar-refractivity contribution is 5.16. The van der Waals surface area contributed by atoms with E-state index in [1.54, 1.807) is 0 Å². The lowest BCUT2D eigenvalue weighted by molar-refractivity contribution is 0.269. The molecule has 0 saturated carbocycles. The smallest absolute Gasteiger partial charge is 0.0436 e. The largest absolute Gasteiger partial charge is 0.396 e. The molecule has 0 aliphatic heterocycles. The van der Waals surface area contributed by atoms with Crippen molar-refractivity contribution in [3.8, 4) is 0 Å². The fraction of sp³-hybridized carbons (Fsp3) is 0.308. The molecule has 0 bridgehead atoms. The van der Waals surface area contributed by atoms with Crippen LogP contribution in [-0.4, -0.2) is 11.7 Å². The Balaban J connectivity index is 2.59. The van der Waals surface area contributed by atoms with Crippen molar-refractivity contribution in [3.05, 3.63) is 54.3 Å². The molecule has 1 atom stereocenters. The molecular formula is C13H16O. The first-order chi connectivity index (χ1) is 6.86. The second-order valence-electron chi connectivity index (χ2n) is 3.33. The van der Waals surface area contributed by atoms with Crippen molar-refractivity contribution < 1.29 is 5.11 Å². The molecule has 14 heavy (non-hydrogen) atoms. The van der Waals surface area contributed by atoms with Gasteiger partial charge in [0.15, 0.2) is 0 Å². The minimum atomic E-state index is 0.218. The van der Waals surface area contributed by atoms with Crippen LogP contribution in [0, 0.1) is 5.92 Å². The maximum absolute atomic E-state index is 8.87. The zero-order chi connectivity index (χ0) is 10.2. The molecule has 1 heteroatoms. The van der Waals surface area contributed by atoms with Gasteiger partial charge in [-0.3, -0.25) is 0 Å². The van der Waals surface area contributed by atoms with E-state index in [0.29, 0.717) is 5.92 Å². The van der Waals surface area contributed by atoms with Crippen molar-refractivity contribution in [1.29, 1.82) is 0 Å². The summed E-state index contributed by atoms with van der Waals surface area (Å²) >= 11 is 0. The Morgan fingerprint density at radius 2 is 2.07 bits per heavy atom. The minimum Gasteiger partial charge on any atom is -0.396 e. The zero-order valence-electron chi connectivity index (χ0n) is 8.32. The monoisotopic (exact) mass is 188 g/mol. The van der Waals surface area contributed by atoms with Crippen LogP contribution in [0.3, 0.4) is 0 Å². The van der Waals surface area contributed by atoms with Crippen LogP contribution in [0.15, 0.2) is 48.7 Å². The Hall–Kier alpha value is -1.30. The summed E-state index contributed by atoms with van der Waals surface area (Å²) in [4.78, 5) is 0. The molecule has 1 aromatic carbocycles. The molecule has 74 valence electrons. The zero-order valence-corrected chi connectivity index (χ0v) is 8.32. The first-order valence-corrected chi connectivity index (χ1v) is 4.87. The van der Waals surface area contributed by atoms with E-state index in [0.717, 1.165) is 12.8 Å². The molecule has 1 unspecified atom stereocenters. The van der Waals surface area contributed by atoms with Crippen LogP contribution < -0.4 is 0 Å². The Bertz CT molecular complexity index is 296. The topological polar surface area (TPSA) is 20.2 Å². The van der Waals surface area contributed by atoms with E-state index in [1.807, 2.05) is 24.3 Å². The van der Waals surface area contributed by atoms with Gasteiger partial charge in [0.05, 0.1) is 0 Å². The highest BCUT2D eigenvalue weighted by Gasteiger charge is 2.04. The quantitative estimate of drug-likeness (QED) is 0.704. The highest BCUT2D eigenvalue weighted by atomic mass is 16.3. The fourth-order valence-electron chi connectivity index (χ4n) is 1.49. The predicted octanol–water partition coefficient (Wildman–Crippen LogP) is 2.57. The van der Waals surface area contributed by atoms with Crippen molar-refractivity contribution in [3.63, 3.8) is 0 Å². The first kappa shape index (κ1) is 10.8. The van der Waals surface area contributed by atoms with Crippen molar-refractivity contribution >= 4 is 0 Å². The number of hydrogen-bond acceptors (Lipinski definition) is 1. The molecule has 0 aromatic heterocycles. The van der Waals surface area contributed by atoms with Gasteiger partial charge in [-0.15, -0.1) is 5.73 Å². The van der Waals surface area contributed by atoms with Crippen molar-refractivity contribution in [1.82, 2.24) is 0 Å². The van der Waals surface area contributed by atoms with Crippen molar-refractivity contribution in [2.75, 3.05) is 6.61 Å². The van der Waals surface area contributed by atoms with Gasteiger partial charge in [0.2, 0.25) is 0 Å². The Morgan fingerprint density at radius 3 is 2.64 bits per heavy atom. The van der Waals surface area contributed by atoms with Gasteiger partial charge < -0.3 is 5.11 Å². The SMILES string of the molecule is C=C=CC(CCO)Cc1ccccc1. The van der Waals surface area contributed by atoms with Crippen LogP contribution in [-0.2, 0) is 6.42 Å². The van der Waals surface area contributed by atoms with Crippen LogP contribution in [0.25, 0.3) is 0 Å². The summed E-state index contributed by atoms with van der Waals surface area (Å²) in [5, 5.41) is 8.87. The number of rotatable bonds is 5. The number of aliphatic hydroxyl groups is 1. The van der Waals surface area contributed by atoms with Gasteiger partial charge in [-0.2, -0.15) is 0 Å². The van der Waals surface area contributed by atoms with E-state index in [-0.39, 0.29) is 6.61 Å². The number of benzene rings is 1. The van der Waals surface area contributed by atoms with E-state index in [1.165, 1.54) is 5.56 Å². The van der Waals surface area contributed by atoms with E-state index in [2.05, 4.69) is 24.4 Å². The molecule has 0 radical (unpaired) electrons. The van der Waals surface area contributed by atoms with Gasteiger partial charge in [-0.25, -0.2) is 0 Å². The van der Waals surface area contributed by atoms with Gasteiger partial charge in [-0.1, -0.05) is 36.9 Å². The molecule has 1 rings (SSSR count). The summed E-state index contributed by atoms with van der Waals surface area (Å²) in [5.41, 5.74) is 4.08. The third-order valence-electron chi connectivity index (χ3n) is 2.19. The second kappa shape index (κ2) is 6.20. The lowest BCUT2D eigenvalue weighted by Crippen LogP contribution is -2.03. The van der Waals surface area contributed by atoms with Crippen molar-refractivity contribution in [2.24, 2.45) is 5.92 Å². The lowest BCUT2D eigenvalue weighted by Gasteiger charge is -2.09. The highest BCUT2D eigenvalue weighted by Crippen LogP contribution is 2.12. The van der Waals surface area contributed by atoms with Crippen LogP contribution in [0.2, 0.25) is 0 Å². The first-order valence-electron chi connectivity index (χ1n) is 4.87. The second-order valence-corrected chi connectivity index (χ2v) is 3.33. The summed E-state index contributed by atoms with van der Waals surface area (Å²) in [6, 6.07) is 10.3. The summed E-state index contributed by atoms with van der Waals surface area (Å²) < 4.78 is 0. The lowest BCUT2D eigenvalue weighted by atomic mass is 9.96. The van der Waals surface area contributed by atoms with Gasteiger partial charge >= 0.3 is 0 Å². The molecule has 0 spiro atoms. The molecule has 0 amide bonds. The minimum absolute atomic E-state index is 0.218. The summed E-state index contributed by atoms with van der Waals surface area (Å²) in [5.74, 6) is 0.347. The maximum atomic E-state index is 8.87. The number of allylic oxidation sites excluding steroid dienone is 1. The fourth-order valence-corrected chi connectivity index (χ4v) is 1.49. The van der Waals surface area contributed by atoms with Crippen LogP contribution in [0.4, 0.5) is 0 Å². The molecule has 1 aromatic rings. The van der Waals surface area contributed by atoms with E-state index in [4.69, 9.17) is 5.11 Å². The van der Waals surface area contributed by atoms with Gasteiger partial charge in [0.1, 0.15) is 0 Å². The van der Waals surface area contributed by atoms with E-state index < -0.39 is 0 Å². The molecule has 0 saturated heterocycles. The van der Waals surface area contributed by atoms with Crippen LogP contribution in [0.5, 0.6) is 0 Å². The maximum Gasteiger partial charge on any atom is 0.0436 e. The predicted molar refractivity (Wildman–Crippen MR) is 59.0 cm³/mol. The molecule has 0 aliphatic rings. The third kappa shape index (κ3) is 3.61. The summed E-state index contributed by atoms with van der Waals surface area (Å²) in [6.45, 7) is 3.78. The third-order valence-corrected chi connectivity index (χ3v) is 2.19. The Kier molecular flexibility index (Phi) is 4.77. The Labute approximate surface area is 85.4 Å². The summed E-state index contributed by atoms with van der Waals surface area (Å²) in [7, 11) is 0. The van der Waals surface area contributed by atoms with E-state index >= 15 is 0 Å². The number of aliphatic hydroxyl groups excluding tert-OH is 1. The molecular weight excluding hydrogens is 172 g/mol. The van der Waals surface area contributed by atoms with Crippen LogP contribution in [0.1, 0.15) is 12.0 Å². The Morgan fingerprint density at radius 1 is 1.36 bits per heavy atom. The molecule has 0 aliphatic carbocycles. The molecule has 0 fully saturated rings. The van der Waals surface area contributed by atoms with Gasteiger partial charge in [-0.05, 0) is 30.4 Å². The molecule has 1 N–H and O–H groups in total. The van der Waals surface area contributed by atoms with Gasteiger partial charge in [0, 0.05) is 6.61 Å². The van der Waals surface area contributed by atoms with Gasteiger partial charge in [0.25, 0.3) is 0 Å². The molecule has 1 nitrogen and oxygen atoms in total. The molecule has 0 heterocycles. The number of hydrogen-bond donors (Lipinski definition) is 1. The van der Waals surface area contributed by atoms with E-state index in [9.17, 15) is 0 Å². The standard InChI is InChI=1S/C13H16O/c1-2-6-12(9-10-14)11-13-7-4-3-5-8-13/h3-8,12,14H,1,9-11H2. The normalized spacial score (nSPS) is 11.8.